The van der Waals surface area contributed by atoms with Crippen molar-refractivity contribution in [1.82, 2.24) is 30.1 Å². The van der Waals surface area contributed by atoms with Crippen LogP contribution in [0.3, 0.4) is 0 Å². The van der Waals surface area contributed by atoms with Gasteiger partial charge < -0.3 is 15.1 Å². The summed E-state index contributed by atoms with van der Waals surface area (Å²) < 4.78 is 1.89. The van der Waals surface area contributed by atoms with E-state index in [0.29, 0.717) is 25.3 Å². The first-order chi connectivity index (χ1) is 12.6. The van der Waals surface area contributed by atoms with E-state index in [1.165, 1.54) is 0 Å². The summed E-state index contributed by atoms with van der Waals surface area (Å²) in [4.78, 5) is 29.4. The van der Waals surface area contributed by atoms with Crippen LogP contribution in [0.15, 0.2) is 0 Å². The van der Waals surface area contributed by atoms with Crippen LogP contribution >= 0.6 is 0 Å². The first-order valence-corrected chi connectivity index (χ1v) is 9.80. The standard InChI is InChI=1S/C18H30N6O2/c1-4-22(5-2)17(25)15-7-6-12-23(15)18(26)16-13(3)24(21-20-16)14-8-10-19-11-9-14/h14-15,19H,4-12H2,1-3H3. The molecule has 0 spiro atoms. The third kappa shape index (κ3) is 3.47. The lowest BCUT2D eigenvalue weighted by Crippen LogP contribution is -2.48. The highest BCUT2D eigenvalue weighted by molar-refractivity contribution is 5.97. The fraction of sp³-hybridized carbons (Fsp3) is 0.778. The predicted octanol–water partition coefficient (Wildman–Crippen LogP) is 0.984. The van der Waals surface area contributed by atoms with Gasteiger partial charge >= 0.3 is 0 Å². The van der Waals surface area contributed by atoms with Crippen LogP contribution in [0, 0.1) is 6.92 Å². The number of likely N-dealkylation sites (tertiary alicyclic amines) is 1. The second kappa shape index (κ2) is 8.16. The van der Waals surface area contributed by atoms with E-state index in [1.807, 2.05) is 25.5 Å². The topological polar surface area (TPSA) is 83.4 Å². The molecule has 1 aromatic heterocycles. The first-order valence-electron chi connectivity index (χ1n) is 9.80. The van der Waals surface area contributed by atoms with Gasteiger partial charge in [0.1, 0.15) is 6.04 Å². The van der Waals surface area contributed by atoms with Crippen LogP contribution in [0.1, 0.15) is 61.8 Å². The van der Waals surface area contributed by atoms with Gasteiger partial charge in [0.15, 0.2) is 5.69 Å². The van der Waals surface area contributed by atoms with Crippen molar-refractivity contribution >= 4 is 11.8 Å². The smallest absolute Gasteiger partial charge is 0.277 e. The molecule has 3 heterocycles. The minimum absolute atomic E-state index is 0.0456. The number of carbonyl (C=O) groups is 2. The Kier molecular flexibility index (Phi) is 5.90. The summed E-state index contributed by atoms with van der Waals surface area (Å²) in [7, 11) is 0. The van der Waals surface area contributed by atoms with Crippen LogP contribution in [0.2, 0.25) is 0 Å². The quantitative estimate of drug-likeness (QED) is 0.844. The van der Waals surface area contributed by atoms with Crippen molar-refractivity contribution in [3.63, 3.8) is 0 Å². The highest BCUT2D eigenvalue weighted by Gasteiger charge is 2.38. The second-order valence-corrected chi connectivity index (χ2v) is 7.12. The average molecular weight is 362 g/mol. The van der Waals surface area contributed by atoms with E-state index in [-0.39, 0.29) is 23.9 Å². The Morgan fingerprint density at radius 3 is 2.54 bits per heavy atom. The lowest BCUT2D eigenvalue weighted by atomic mass is 10.1. The lowest BCUT2D eigenvalue weighted by Gasteiger charge is -2.28. The fourth-order valence-corrected chi connectivity index (χ4v) is 4.09. The minimum Gasteiger partial charge on any atom is -0.341 e. The number of hydrogen-bond acceptors (Lipinski definition) is 5. The molecule has 0 bridgehead atoms. The molecule has 2 aliphatic heterocycles. The third-order valence-electron chi connectivity index (χ3n) is 5.66. The number of aromatic nitrogens is 3. The molecule has 2 saturated heterocycles. The van der Waals surface area contributed by atoms with Crippen LogP contribution < -0.4 is 5.32 Å². The van der Waals surface area contributed by atoms with Crippen LogP contribution in [0.5, 0.6) is 0 Å². The second-order valence-electron chi connectivity index (χ2n) is 7.12. The lowest BCUT2D eigenvalue weighted by molar-refractivity contribution is -0.134. The minimum atomic E-state index is -0.370. The first kappa shape index (κ1) is 18.8. The molecule has 1 N–H and O–H groups in total. The van der Waals surface area contributed by atoms with Crippen molar-refractivity contribution in [2.24, 2.45) is 0 Å². The zero-order valence-electron chi connectivity index (χ0n) is 16.1. The van der Waals surface area contributed by atoms with Crippen LogP contribution in [0.25, 0.3) is 0 Å². The molecule has 26 heavy (non-hydrogen) atoms. The van der Waals surface area contributed by atoms with Gasteiger partial charge in [-0.3, -0.25) is 9.59 Å². The van der Waals surface area contributed by atoms with E-state index in [9.17, 15) is 9.59 Å². The largest absolute Gasteiger partial charge is 0.341 e. The molecule has 0 aliphatic carbocycles. The summed E-state index contributed by atoms with van der Waals surface area (Å²) in [6, 6.07) is -0.0807. The van der Waals surface area contributed by atoms with Crippen molar-refractivity contribution < 1.29 is 9.59 Å². The van der Waals surface area contributed by atoms with Crippen LogP contribution in [-0.4, -0.2) is 75.4 Å². The molecule has 1 aromatic rings. The Morgan fingerprint density at radius 2 is 1.88 bits per heavy atom. The number of rotatable bonds is 5. The average Bonchev–Trinajstić information content (AvgIpc) is 3.29. The van der Waals surface area contributed by atoms with Crippen molar-refractivity contribution in [2.75, 3.05) is 32.7 Å². The summed E-state index contributed by atoms with van der Waals surface area (Å²) in [5.41, 5.74) is 1.20. The number of piperidine rings is 1. The van der Waals surface area contributed by atoms with Crippen molar-refractivity contribution in [2.45, 2.75) is 58.5 Å². The Bertz CT molecular complexity index is 648. The number of hydrogen-bond donors (Lipinski definition) is 1. The maximum absolute atomic E-state index is 13.1. The van der Waals surface area contributed by atoms with Crippen LogP contribution in [0.4, 0.5) is 0 Å². The van der Waals surface area contributed by atoms with Gasteiger partial charge in [0, 0.05) is 19.6 Å². The molecular formula is C18H30N6O2. The van der Waals surface area contributed by atoms with E-state index in [4.69, 9.17) is 0 Å². The van der Waals surface area contributed by atoms with E-state index < -0.39 is 0 Å². The molecule has 1 atom stereocenters. The van der Waals surface area contributed by atoms with E-state index in [1.54, 1.807) is 9.80 Å². The molecule has 0 radical (unpaired) electrons. The number of amides is 2. The highest BCUT2D eigenvalue weighted by Crippen LogP contribution is 2.25. The molecule has 8 nitrogen and oxygen atoms in total. The summed E-state index contributed by atoms with van der Waals surface area (Å²) in [5, 5.41) is 11.8. The Labute approximate surface area is 154 Å². The molecule has 1 unspecified atom stereocenters. The number of nitrogens with zero attached hydrogens (tertiary/aromatic N) is 5. The number of nitrogens with one attached hydrogen (secondary N) is 1. The summed E-state index contributed by atoms with van der Waals surface area (Å²) in [6.07, 6.45) is 3.56. The SMILES string of the molecule is CCN(CC)C(=O)C1CCCN1C(=O)c1nnn(C2CCNCC2)c1C. The summed E-state index contributed by atoms with van der Waals surface area (Å²) >= 11 is 0. The molecule has 144 valence electrons. The van der Waals surface area contributed by atoms with Gasteiger partial charge in [-0.05, 0) is 59.5 Å². The van der Waals surface area contributed by atoms with Crippen molar-refractivity contribution in [1.29, 1.82) is 0 Å². The molecule has 2 fully saturated rings. The van der Waals surface area contributed by atoms with Crippen LogP contribution in [-0.2, 0) is 4.79 Å². The molecule has 2 aliphatic rings. The summed E-state index contributed by atoms with van der Waals surface area (Å²) in [5.74, 6) is -0.116. The summed E-state index contributed by atoms with van der Waals surface area (Å²) in [6.45, 7) is 9.70. The zero-order valence-corrected chi connectivity index (χ0v) is 16.1. The molecule has 3 rings (SSSR count). The molecular weight excluding hydrogens is 332 g/mol. The van der Waals surface area contributed by atoms with Gasteiger partial charge in [-0.1, -0.05) is 5.21 Å². The third-order valence-corrected chi connectivity index (χ3v) is 5.66. The van der Waals surface area contributed by atoms with Gasteiger partial charge in [-0.15, -0.1) is 5.10 Å². The predicted molar refractivity (Wildman–Crippen MR) is 97.9 cm³/mol. The van der Waals surface area contributed by atoms with E-state index in [2.05, 4.69) is 15.6 Å². The maximum Gasteiger partial charge on any atom is 0.277 e. The van der Waals surface area contributed by atoms with E-state index in [0.717, 1.165) is 44.5 Å². The molecule has 0 saturated carbocycles. The molecule has 0 aromatic carbocycles. The highest BCUT2D eigenvalue weighted by atomic mass is 16.2. The van der Waals surface area contributed by atoms with E-state index >= 15 is 0 Å². The Balaban J connectivity index is 1.78. The van der Waals surface area contributed by atoms with Gasteiger partial charge in [0.25, 0.3) is 5.91 Å². The Hall–Kier alpha value is -1.96. The van der Waals surface area contributed by atoms with Gasteiger partial charge in [0.05, 0.1) is 11.7 Å². The van der Waals surface area contributed by atoms with Gasteiger partial charge in [-0.25, -0.2) is 4.68 Å². The normalized spacial score (nSPS) is 21.2. The van der Waals surface area contributed by atoms with Crippen molar-refractivity contribution in [3.05, 3.63) is 11.4 Å². The molecule has 8 heteroatoms. The van der Waals surface area contributed by atoms with Gasteiger partial charge in [-0.2, -0.15) is 0 Å². The zero-order chi connectivity index (χ0) is 18.7. The fourth-order valence-electron chi connectivity index (χ4n) is 4.09. The number of likely N-dealkylation sites (N-methyl/N-ethyl adjacent to an activating group) is 1. The Morgan fingerprint density at radius 1 is 1.19 bits per heavy atom. The van der Waals surface area contributed by atoms with Crippen molar-refractivity contribution in [3.8, 4) is 0 Å². The molecule has 2 amide bonds. The monoisotopic (exact) mass is 362 g/mol. The maximum atomic E-state index is 13.1. The number of carbonyl (C=O) groups excluding carboxylic acids is 2. The van der Waals surface area contributed by atoms with Gasteiger partial charge in [0.2, 0.25) is 5.91 Å².